The minimum Gasteiger partial charge on any atom is -0.444 e. The topological polar surface area (TPSA) is 74.6 Å². The van der Waals surface area contributed by atoms with Crippen molar-refractivity contribution in [1.29, 1.82) is 0 Å². The van der Waals surface area contributed by atoms with E-state index in [1.807, 2.05) is 32.2 Å². The summed E-state index contributed by atoms with van der Waals surface area (Å²) in [7, 11) is 2.01. The number of rotatable bonds is 8. The molecule has 1 aromatic carbocycles. The van der Waals surface area contributed by atoms with Crippen LogP contribution in [0.5, 0.6) is 0 Å². The Labute approximate surface area is 155 Å². The number of amides is 2. The Bertz CT molecular complexity index is 703. The normalized spacial score (nSPS) is 12.0. The highest BCUT2D eigenvalue weighted by molar-refractivity contribution is 9.10. The van der Waals surface area contributed by atoms with Crippen LogP contribution in [-0.4, -0.2) is 42.9 Å². The number of halogens is 1. The second kappa shape index (κ2) is 9.39. The van der Waals surface area contributed by atoms with Gasteiger partial charge in [-0.2, -0.15) is 0 Å². The van der Waals surface area contributed by atoms with Crippen molar-refractivity contribution >= 4 is 27.7 Å². The number of benzene rings is 1. The zero-order chi connectivity index (χ0) is 18.2. The van der Waals surface area contributed by atoms with Crippen molar-refractivity contribution in [1.82, 2.24) is 15.5 Å². The molecule has 0 saturated carbocycles. The van der Waals surface area contributed by atoms with E-state index >= 15 is 0 Å². The van der Waals surface area contributed by atoms with E-state index in [2.05, 4.69) is 43.6 Å². The summed E-state index contributed by atoms with van der Waals surface area (Å²) in [6, 6.07) is 13.3. The Kier molecular flexibility index (Phi) is 7.21. The smallest absolute Gasteiger partial charge is 0.287 e. The quantitative estimate of drug-likeness (QED) is 0.704. The molecule has 0 radical (unpaired) electrons. The van der Waals surface area contributed by atoms with Gasteiger partial charge in [0, 0.05) is 19.1 Å². The number of nitrogens with zero attached hydrogens (tertiary/aromatic N) is 1. The lowest BCUT2D eigenvalue weighted by Crippen LogP contribution is -2.44. The van der Waals surface area contributed by atoms with Gasteiger partial charge in [-0.3, -0.25) is 9.59 Å². The summed E-state index contributed by atoms with van der Waals surface area (Å²) < 4.78 is 5.60. The van der Waals surface area contributed by atoms with Crippen LogP contribution in [0.2, 0.25) is 0 Å². The van der Waals surface area contributed by atoms with E-state index in [-0.39, 0.29) is 24.3 Å². The molecule has 7 heteroatoms. The van der Waals surface area contributed by atoms with Crippen molar-refractivity contribution in [3.63, 3.8) is 0 Å². The van der Waals surface area contributed by atoms with E-state index in [0.29, 0.717) is 11.2 Å². The largest absolute Gasteiger partial charge is 0.444 e. The van der Waals surface area contributed by atoms with Crippen molar-refractivity contribution in [2.45, 2.75) is 19.5 Å². The van der Waals surface area contributed by atoms with E-state index in [4.69, 9.17) is 4.42 Å². The first-order chi connectivity index (χ1) is 11.9. The Morgan fingerprint density at radius 2 is 1.92 bits per heavy atom. The van der Waals surface area contributed by atoms with E-state index in [1.54, 1.807) is 12.1 Å². The van der Waals surface area contributed by atoms with Crippen LogP contribution in [0.15, 0.2) is 51.6 Å². The van der Waals surface area contributed by atoms with Crippen molar-refractivity contribution < 1.29 is 14.0 Å². The molecule has 0 aliphatic rings. The Morgan fingerprint density at radius 1 is 1.20 bits per heavy atom. The van der Waals surface area contributed by atoms with Gasteiger partial charge in [0.25, 0.3) is 5.91 Å². The molecule has 0 aliphatic carbocycles. The highest BCUT2D eigenvalue weighted by atomic mass is 79.9. The molecule has 1 aromatic heterocycles. The molecule has 6 nitrogen and oxygen atoms in total. The van der Waals surface area contributed by atoms with E-state index in [0.717, 1.165) is 6.54 Å². The number of carbonyl (C=O) groups is 2. The Morgan fingerprint density at radius 3 is 2.56 bits per heavy atom. The first-order valence-electron chi connectivity index (χ1n) is 7.99. The SMILES string of the molecule is C[C@@H](CN(C)Cc1ccccc1)NC(=O)CNC(=O)c1ccc(Br)o1. The van der Waals surface area contributed by atoms with Gasteiger partial charge in [-0.1, -0.05) is 30.3 Å². The highest BCUT2D eigenvalue weighted by Crippen LogP contribution is 2.13. The van der Waals surface area contributed by atoms with Crippen molar-refractivity contribution in [3.8, 4) is 0 Å². The zero-order valence-electron chi connectivity index (χ0n) is 14.3. The maximum Gasteiger partial charge on any atom is 0.287 e. The molecule has 1 atom stereocenters. The maximum absolute atomic E-state index is 12.0. The zero-order valence-corrected chi connectivity index (χ0v) is 15.9. The Hall–Kier alpha value is -2.12. The first-order valence-corrected chi connectivity index (χ1v) is 8.78. The third-order valence-corrected chi connectivity index (χ3v) is 3.92. The van der Waals surface area contributed by atoms with E-state index < -0.39 is 5.91 Å². The lowest BCUT2D eigenvalue weighted by atomic mass is 10.2. The Balaban J connectivity index is 1.69. The number of carbonyl (C=O) groups excluding carboxylic acids is 2. The lowest BCUT2D eigenvalue weighted by Gasteiger charge is -2.22. The molecule has 0 bridgehead atoms. The molecular formula is C18H22BrN3O3. The summed E-state index contributed by atoms with van der Waals surface area (Å²) in [5.74, 6) is -0.496. The molecular weight excluding hydrogens is 386 g/mol. The molecule has 0 aliphatic heterocycles. The van der Waals surface area contributed by atoms with E-state index in [9.17, 15) is 9.59 Å². The van der Waals surface area contributed by atoms with Gasteiger partial charge in [-0.15, -0.1) is 0 Å². The number of likely N-dealkylation sites (N-methyl/N-ethyl adjacent to an activating group) is 1. The van der Waals surface area contributed by atoms with Crippen LogP contribution >= 0.6 is 15.9 Å². The fraction of sp³-hybridized carbons (Fsp3) is 0.333. The number of hydrogen-bond donors (Lipinski definition) is 2. The molecule has 134 valence electrons. The monoisotopic (exact) mass is 407 g/mol. The van der Waals surface area contributed by atoms with Crippen LogP contribution in [0.1, 0.15) is 23.0 Å². The summed E-state index contributed by atoms with van der Waals surface area (Å²) in [5, 5.41) is 5.40. The van der Waals surface area contributed by atoms with Crippen molar-refractivity contribution in [3.05, 3.63) is 58.5 Å². The van der Waals surface area contributed by atoms with Crippen LogP contribution in [0.3, 0.4) is 0 Å². The van der Waals surface area contributed by atoms with Crippen molar-refractivity contribution in [2.24, 2.45) is 0 Å². The van der Waals surface area contributed by atoms with Gasteiger partial charge in [0.05, 0.1) is 6.54 Å². The second-order valence-electron chi connectivity index (χ2n) is 5.94. The van der Waals surface area contributed by atoms with Gasteiger partial charge in [0.2, 0.25) is 5.91 Å². The molecule has 1 heterocycles. The fourth-order valence-electron chi connectivity index (χ4n) is 2.48. The van der Waals surface area contributed by atoms with Crippen LogP contribution in [0.25, 0.3) is 0 Å². The molecule has 0 unspecified atom stereocenters. The summed E-state index contributed by atoms with van der Waals surface area (Å²) in [6.07, 6.45) is 0. The molecule has 2 rings (SSSR count). The number of furan rings is 1. The van der Waals surface area contributed by atoms with Gasteiger partial charge < -0.3 is 20.0 Å². The average molecular weight is 408 g/mol. The van der Waals surface area contributed by atoms with Gasteiger partial charge >= 0.3 is 0 Å². The summed E-state index contributed by atoms with van der Waals surface area (Å²) in [6.45, 7) is 3.36. The molecule has 0 saturated heterocycles. The molecule has 0 spiro atoms. The second-order valence-corrected chi connectivity index (χ2v) is 6.72. The first kappa shape index (κ1) is 19.2. The molecule has 25 heavy (non-hydrogen) atoms. The third kappa shape index (κ3) is 6.72. The number of nitrogens with one attached hydrogen (secondary N) is 2. The average Bonchev–Trinajstić information content (AvgIpc) is 2.99. The van der Waals surface area contributed by atoms with Crippen LogP contribution in [0, 0.1) is 0 Å². The lowest BCUT2D eigenvalue weighted by molar-refractivity contribution is -0.120. The van der Waals surface area contributed by atoms with Gasteiger partial charge in [0.15, 0.2) is 10.4 Å². The molecule has 0 fully saturated rings. The van der Waals surface area contributed by atoms with Crippen LogP contribution in [0.4, 0.5) is 0 Å². The minimum absolute atomic E-state index is 0.0316. The number of hydrogen-bond acceptors (Lipinski definition) is 4. The maximum atomic E-state index is 12.0. The van der Waals surface area contributed by atoms with Crippen LogP contribution < -0.4 is 10.6 Å². The minimum atomic E-state index is -0.422. The van der Waals surface area contributed by atoms with E-state index in [1.165, 1.54) is 5.56 Å². The summed E-state index contributed by atoms with van der Waals surface area (Å²) >= 11 is 3.13. The van der Waals surface area contributed by atoms with Crippen LogP contribution in [-0.2, 0) is 11.3 Å². The highest BCUT2D eigenvalue weighted by Gasteiger charge is 2.14. The predicted molar refractivity (Wildman–Crippen MR) is 99.1 cm³/mol. The molecule has 2 aromatic rings. The third-order valence-electron chi connectivity index (χ3n) is 3.49. The standard InChI is InChI=1S/C18H22BrN3O3/c1-13(11-22(2)12-14-6-4-3-5-7-14)21-17(23)10-20-18(24)15-8-9-16(19)25-15/h3-9,13H,10-12H2,1-2H3,(H,20,24)(H,21,23)/t13-/m0/s1. The summed E-state index contributed by atoms with van der Waals surface area (Å²) in [4.78, 5) is 25.9. The summed E-state index contributed by atoms with van der Waals surface area (Å²) in [5.41, 5.74) is 1.22. The van der Waals surface area contributed by atoms with Gasteiger partial charge in [-0.05, 0) is 47.6 Å². The molecule has 2 N–H and O–H groups in total. The molecule has 2 amide bonds. The van der Waals surface area contributed by atoms with Crippen molar-refractivity contribution in [2.75, 3.05) is 20.1 Å². The fourth-order valence-corrected chi connectivity index (χ4v) is 2.79. The van der Waals surface area contributed by atoms with Gasteiger partial charge in [-0.25, -0.2) is 0 Å². The predicted octanol–water partition coefficient (Wildman–Crippen LogP) is 2.41. The van der Waals surface area contributed by atoms with Gasteiger partial charge in [0.1, 0.15) is 0 Å².